The Morgan fingerprint density at radius 3 is 3.07 bits per heavy atom. The molecule has 2 rings (SSSR count). The van der Waals surface area contributed by atoms with Crippen molar-refractivity contribution in [1.82, 2.24) is 9.55 Å². The summed E-state index contributed by atoms with van der Waals surface area (Å²) in [6, 6.07) is 2.18. The molecule has 0 aliphatic carbocycles. The first-order valence-corrected chi connectivity index (χ1v) is 5.40. The lowest BCUT2D eigenvalue weighted by atomic mass is 10.2. The van der Waals surface area contributed by atoms with Gasteiger partial charge in [-0.05, 0) is 23.9 Å². The van der Waals surface area contributed by atoms with Gasteiger partial charge >= 0.3 is 0 Å². The topological polar surface area (TPSA) is 43.8 Å². The van der Waals surface area contributed by atoms with E-state index in [9.17, 15) is 0 Å². The minimum Gasteiger partial charge on any atom is -0.336 e. The minimum atomic E-state index is 0.0733. The van der Waals surface area contributed by atoms with Gasteiger partial charge in [0.2, 0.25) is 0 Å². The van der Waals surface area contributed by atoms with Crippen molar-refractivity contribution in [2.75, 3.05) is 0 Å². The fraction of sp³-hybridized carbons (Fsp3) is 0.300. The number of hydrogen-bond acceptors (Lipinski definition) is 3. The summed E-state index contributed by atoms with van der Waals surface area (Å²) in [4.78, 5) is 5.25. The van der Waals surface area contributed by atoms with Crippen molar-refractivity contribution in [1.29, 1.82) is 0 Å². The van der Waals surface area contributed by atoms with Gasteiger partial charge in [-0.3, -0.25) is 0 Å². The summed E-state index contributed by atoms with van der Waals surface area (Å²) in [5, 5.41) is 2.08. The monoisotopic (exact) mass is 207 g/mol. The summed E-state index contributed by atoms with van der Waals surface area (Å²) in [6.07, 6.45) is 5.50. The van der Waals surface area contributed by atoms with E-state index in [0.717, 1.165) is 6.54 Å². The van der Waals surface area contributed by atoms with Gasteiger partial charge in [-0.1, -0.05) is 0 Å². The lowest BCUT2D eigenvalue weighted by Crippen LogP contribution is -2.16. The van der Waals surface area contributed by atoms with Crippen molar-refractivity contribution >= 4 is 11.3 Å². The highest BCUT2D eigenvalue weighted by Crippen LogP contribution is 2.23. The van der Waals surface area contributed by atoms with Crippen molar-refractivity contribution < 1.29 is 0 Å². The summed E-state index contributed by atoms with van der Waals surface area (Å²) < 4.78 is 2.00. The second-order valence-electron chi connectivity index (χ2n) is 3.33. The van der Waals surface area contributed by atoms with Gasteiger partial charge in [0.1, 0.15) is 0 Å². The zero-order valence-corrected chi connectivity index (χ0v) is 8.87. The highest BCUT2D eigenvalue weighted by atomic mass is 32.1. The molecule has 74 valence electrons. The molecule has 0 amide bonds. The van der Waals surface area contributed by atoms with E-state index in [1.807, 2.05) is 10.8 Å². The van der Waals surface area contributed by atoms with Crippen LogP contribution in [-0.2, 0) is 6.54 Å². The number of nitrogens with two attached hydrogens (primary N) is 1. The van der Waals surface area contributed by atoms with Crippen LogP contribution in [0, 0.1) is 6.92 Å². The highest BCUT2D eigenvalue weighted by Gasteiger charge is 2.10. The van der Waals surface area contributed by atoms with Gasteiger partial charge < -0.3 is 10.3 Å². The fourth-order valence-corrected chi connectivity index (χ4v) is 2.39. The van der Waals surface area contributed by atoms with Crippen LogP contribution in [0.25, 0.3) is 0 Å². The normalized spacial score (nSPS) is 13.0. The molecule has 4 heteroatoms. The zero-order chi connectivity index (χ0) is 9.97. The average Bonchev–Trinajstić information content (AvgIpc) is 2.75. The summed E-state index contributed by atoms with van der Waals surface area (Å²) >= 11 is 1.72. The first-order chi connectivity index (χ1) is 6.77. The zero-order valence-electron chi connectivity index (χ0n) is 8.05. The third-order valence-corrected chi connectivity index (χ3v) is 3.36. The molecule has 0 bridgehead atoms. The summed E-state index contributed by atoms with van der Waals surface area (Å²) in [7, 11) is 0. The van der Waals surface area contributed by atoms with Gasteiger partial charge in [-0.2, -0.15) is 0 Å². The maximum atomic E-state index is 6.09. The van der Waals surface area contributed by atoms with Crippen LogP contribution in [0.1, 0.15) is 16.5 Å². The van der Waals surface area contributed by atoms with Gasteiger partial charge in [-0.15, -0.1) is 11.3 Å². The van der Waals surface area contributed by atoms with Crippen molar-refractivity contribution in [3.05, 3.63) is 40.6 Å². The second kappa shape index (κ2) is 3.94. The molecular formula is C10H13N3S. The Morgan fingerprint density at radius 1 is 1.64 bits per heavy atom. The van der Waals surface area contributed by atoms with Crippen LogP contribution in [0.15, 0.2) is 30.2 Å². The molecule has 0 saturated heterocycles. The number of hydrogen-bond donors (Lipinski definition) is 1. The molecule has 0 saturated carbocycles. The Labute approximate surface area is 87.2 Å². The number of rotatable bonds is 3. The molecule has 1 atom stereocenters. The molecule has 0 aliphatic rings. The number of imidazole rings is 1. The standard InChI is InChI=1S/C10H13N3S/c1-8-2-5-14-10(8)9(11)6-13-4-3-12-7-13/h2-5,7,9H,6,11H2,1H3. The molecule has 0 aromatic carbocycles. The van der Waals surface area contributed by atoms with E-state index >= 15 is 0 Å². The third-order valence-electron chi connectivity index (χ3n) is 2.21. The Morgan fingerprint density at radius 2 is 2.50 bits per heavy atom. The quantitative estimate of drug-likeness (QED) is 0.836. The van der Waals surface area contributed by atoms with Crippen LogP contribution in [0.5, 0.6) is 0 Å². The smallest absolute Gasteiger partial charge is 0.0946 e. The molecule has 0 aliphatic heterocycles. The summed E-state index contributed by atoms with van der Waals surface area (Å²) in [6.45, 7) is 2.89. The SMILES string of the molecule is Cc1ccsc1C(N)Cn1ccnc1. The molecule has 14 heavy (non-hydrogen) atoms. The van der Waals surface area contributed by atoms with Crippen LogP contribution in [0.2, 0.25) is 0 Å². The molecule has 2 aromatic heterocycles. The predicted octanol–water partition coefficient (Wildman–Crippen LogP) is 1.95. The lowest BCUT2D eigenvalue weighted by Gasteiger charge is -2.11. The molecular weight excluding hydrogens is 194 g/mol. The third kappa shape index (κ3) is 1.86. The number of nitrogens with zero attached hydrogens (tertiary/aromatic N) is 2. The number of aryl methyl sites for hydroxylation is 1. The van der Waals surface area contributed by atoms with Crippen molar-refractivity contribution in [3.63, 3.8) is 0 Å². The second-order valence-corrected chi connectivity index (χ2v) is 4.28. The minimum absolute atomic E-state index is 0.0733. The van der Waals surface area contributed by atoms with E-state index in [-0.39, 0.29) is 6.04 Å². The van der Waals surface area contributed by atoms with Gasteiger partial charge in [-0.25, -0.2) is 4.98 Å². The summed E-state index contributed by atoms with van der Waals surface area (Å²) in [5.74, 6) is 0. The van der Waals surface area contributed by atoms with E-state index in [1.54, 1.807) is 23.9 Å². The van der Waals surface area contributed by atoms with Crippen molar-refractivity contribution in [2.24, 2.45) is 5.73 Å². The first-order valence-electron chi connectivity index (χ1n) is 4.52. The number of thiophene rings is 1. The molecule has 0 radical (unpaired) electrons. The average molecular weight is 207 g/mol. The van der Waals surface area contributed by atoms with Crippen molar-refractivity contribution in [3.8, 4) is 0 Å². The maximum absolute atomic E-state index is 6.09. The van der Waals surface area contributed by atoms with Crippen molar-refractivity contribution in [2.45, 2.75) is 19.5 Å². The Balaban J connectivity index is 2.10. The highest BCUT2D eigenvalue weighted by molar-refractivity contribution is 7.10. The molecule has 1 unspecified atom stereocenters. The molecule has 0 spiro atoms. The van der Waals surface area contributed by atoms with E-state index in [4.69, 9.17) is 5.73 Å². The van der Waals surface area contributed by atoms with Gasteiger partial charge in [0, 0.05) is 23.8 Å². The van der Waals surface area contributed by atoms with Crippen LogP contribution in [0.3, 0.4) is 0 Å². The van der Waals surface area contributed by atoms with Crippen LogP contribution < -0.4 is 5.73 Å². The lowest BCUT2D eigenvalue weighted by molar-refractivity contribution is 0.582. The van der Waals surface area contributed by atoms with Crippen LogP contribution in [-0.4, -0.2) is 9.55 Å². The van der Waals surface area contributed by atoms with E-state index in [1.165, 1.54) is 10.4 Å². The first kappa shape index (κ1) is 9.43. The van der Waals surface area contributed by atoms with Crippen LogP contribution >= 0.6 is 11.3 Å². The largest absolute Gasteiger partial charge is 0.336 e. The van der Waals surface area contributed by atoms with E-state index < -0.39 is 0 Å². The Hall–Kier alpha value is -1.13. The van der Waals surface area contributed by atoms with Crippen LogP contribution in [0.4, 0.5) is 0 Å². The van der Waals surface area contributed by atoms with E-state index in [2.05, 4.69) is 23.4 Å². The molecule has 3 nitrogen and oxygen atoms in total. The van der Waals surface area contributed by atoms with Gasteiger partial charge in [0.05, 0.1) is 12.4 Å². The Kier molecular flexibility index (Phi) is 2.65. The van der Waals surface area contributed by atoms with Gasteiger partial charge in [0.15, 0.2) is 0 Å². The predicted molar refractivity (Wildman–Crippen MR) is 58.2 cm³/mol. The molecule has 2 aromatic rings. The summed E-state index contributed by atoms with van der Waals surface area (Å²) in [5.41, 5.74) is 7.37. The molecule has 2 heterocycles. The van der Waals surface area contributed by atoms with E-state index in [0.29, 0.717) is 0 Å². The molecule has 2 N–H and O–H groups in total. The fourth-order valence-electron chi connectivity index (χ4n) is 1.47. The Bertz CT molecular complexity index is 391. The number of aromatic nitrogens is 2. The van der Waals surface area contributed by atoms with Gasteiger partial charge in [0.25, 0.3) is 0 Å². The maximum Gasteiger partial charge on any atom is 0.0946 e. The molecule has 0 fully saturated rings.